The van der Waals surface area contributed by atoms with E-state index in [2.05, 4.69) is 26.8 Å². The minimum absolute atomic E-state index is 0.311. The van der Waals surface area contributed by atoms with Gasteiger partial charge in [0, 0.05) is 0 Å². The molecule has 0 aromatic rings. The van der Waals surface area contributed by atoms with Crippen LogP contribution in [0.5, 0.6) is 0 Å². The first-order valence-corrected chi connectivity index (χ1v) is 4.05. The Labute approximate surface area is 65.1 Å². The smallest absolute Gasteiger partial charge is 0.0755 e. The van der Waals surface area contributed by atoms with Crippen LogP contribution in [0.1, 0.15) is 27.2 Å². The average molecular weight is 134 g/mol. The van der Waals surface area contributed by atoms with Gasteiger partial charge in [-0.15, -0.1) is 0 Å². The number of rotatable bonds is 0. The van der Waals surface area contributed by atoms with Crippen LogP contribution in [0.3, 0.4) is 0 Å². The fourth-order valence-corrected chi connectivity index (χ4v) is 1.64. The molecule has 0 spiro atoms. The highest BCUT2D eigenvalue weighted by Crippen LogP contribution is 2.33. The van der Waals surface area contributed by atoms with Crippen LogP contribution in [0.15, 0.2) is 11.6 Å². The lowest BCUT2D eigenvalue weighted by Crippen LogP contribution is -2.16. The molecule has 0 N–H and O–H groups in total. The molecule has 0 aromatic carbocycles. The van der Waals surface area contributed by atoms with Crippen LogP contribution in [-0.4, -0.2) is 7.85 Å². The molecular weight excluding hydrogens is 119 g/mol. The zero-order valence-corrected chi connectivity index (χ0v) is 7.09. The van der Waals surface area contributed by atoms with Gasteiger partial charge in [0.2, 0.25) is 0 Å². The molecule has 3 atom stereocenters. The maximum Gasteiger partial charge on any atom is 0.0755 e. The molecule has 0 saturated carbocycles. The van der Waals surface area contributed by atoms with Gasteiger partial charge in [-0.05, 0) is 18.8 Å². The van der Waals surface area contributed by atoms with Crippen molar-refractivity contribution in [2.45, 2.75) is 33.0 Å². The summed E-state index contributed by atoms with van der Waals surface area (Å²) in [4.78, 5) is 0. The third-order valence-corrected chi connectivity index (χ3v) is 2.69. The topological polar surface area (TPSA) is 0 Å². The van der Waals surface area contributed by atoms with Gasteiger partial charge in [-0.2, -0.15) is 0 Å². The Bertz CT molecular complexity index is 149. The average Bonchev–Trinajstić information content (AvgIpc) is 1.82. The minimum Gasteiger partial charge on any atom is -0.0909 e. The molecule has 0 fully saturated rings. The first-order valence-electron chi connectivity index (χ1n) is 4.05. The van der Waals surface area contributed by atoms with Gasteiger partial charge in [0.15, 0.2) is 0 Å². The van der Waals surface area contributed by atoms with Gasteiger partial charge in [-0.1, -0.05) is 37.7 Å². The Balaban J connectivity index is 2.71. The lowest BCUT2D eigenvalue weighted by Gasteiger charge is -2.29. The summed E-state index contributed by atoms with van der Waals surface area (Å²) >= 11 is 0. The van der Waals surface area contributed by atoms with E-state index in [9.17, 15) is 0 Å². The van der Waals surface area contributed by atoms with E-state index in [1.165, 1.54) is 5.57 Å². The lowest BCUT2D eigenvalue weighted by molar-refractivity contribution is 0.393. The van der Waals surface area contributed by atoms with Crippen molar-refractivity contribution in [3.63, 3.8) is 0 Å². The standard InChI is InChI=1S/C9H15B/c1-6-4-9(10)5-7(2)8(6)3/h4,7-9H,5H2,1-3H3. The first-order chi connectivity index (χ1) is 4.61. The quantitative estimate of drug-likeness (QED) is 0.352. The molecule has 10 heavy (non-hydrogen) atoms. The van der Waals surface area contributed by atoms with Crippen LogP contribution >= 0.6 is 0 Å². The third-order valence-electron chi connectivity index (χ3n) is 2.69. The van der Waals surface area contributed by atoms with Gasteiger partial charge >= 0.3 is 0 Å². The summed E-state index contributed by atoms with van der Waals surface area (Å²) < 4.78 is 0. The Hall–Kier alpha value is -0.195. The summed E-state index contributed by atoms with van der Waals surface area (Å²) in [6, 6.07) is 0. The molecule has 2 radical (unpaired) electrons. The second-order valence-electron chi connectivity index (χ2n) is 3.58. The van der Waals surface area contributed by atoms with E-state index >= 15 is 0 Å². The molecule has 1 rings (SSSR count). The van der Waals surface area contributed by atoms with Crippen LogP contribution < -0.4 is 0 Å². The molecule has 1 aliphatic rings. The highest BCUT2D eigenvalue weighted by molar-refractivity contribution is 6.13. The van der Waals surface area contributed by atoms with Crippen molar-refractivity contribution in [1.82, 2.24) is 0 Å². The van der Waals surface area contributed by atoms with Crippen molar-refractivity contribution in [2.75, 3.05) is 0 Å². The second kappa shape index (κ2) is 2.81. The Morgan fingerprint density at radius 2 is 2.10 bits per heavy atom. The molecule has 0 aromatic heterocycles. The van der Waals surface area contributed by atoms with E-state index in [4.69, 9.17) is 7.85 Å². The zero-order chi connectivity index (χ0) is 7.72. The number of hydrogen-bond acceptors (Lipinski definition) is 0. The molecule has 0 aliphatic heterocycles. The highest BCUT2D eigenvalue weighted by atomic mass is 14.2. The zero-order valence-electron chi connectivity index (χ0n) is 7.09. The molecule has 1 heteroatoms. The molecule has 3 unspecified atom stereocenters. The Kier molecular flexibility index (Phi) is 2.23. The molecule has 0 saturated heterocycles. The Morgan fingerprint density at radius 1 is 1.50 bits per heavy atom. The van der Waals surface area contributed by atoms with Crippen LogP contribution in [0.4, 0.5) is 0 Å². The van der Waals surface area contributed by atoms with E-state index in [0.717, 1.165) is 18.3 Å². The molecule has 54 valence electrons. The number of hydrogen-bond donors (Lipinski definition) is 0. The van der Waals surface area contributed by atoms with Crippen molar-refractivity contribution in [1.29, 1.82) is 0 Å². The fraction of sp³-hybridized carbons (Fsp3) is 0.778. The monoisotopic (exact) mass is 134 g/mol. The predicted molar refractivity (Wildman–Crippen MR) is 46.2 cm³/mol. The predicted octanol–water partition coefficient (Wildman–Crippen LogP) is 2.57. The summed E-state index contributed by atoms with van der Waals surface area (Å²) in [6.07, 6.45) is 3.35. The SMILES string of the molecule is [B]C1C=C(C)C(C)C(C)C1. The lowest BCUT2D eigenvalue weighted by atomic mass is 9.69. The van der Waals surface area contributed by atoms with Gasteiger partial charge in [0.25, 0.3) is 0 Å². The van der Waals surface area contributed by atoms with E-state index in [0.29, 0.717) is 5.82 Å². The van der Waals surface area contributed by atoms with Gasteiger partial charge < -0.3 is 0 Å². The van der Waals surface area contributed by atoms with E-state index in [1.54, 1.807) is 0 Å². The first kappa shape index (κ1) is 7.91. The van der Waals surface area contributed by atoms with Crippen molar-refractivity contribution in [2.24, 2.45) is 11.8 Å². The second-order valence-corrected chi connectivity index (χ2v) is 3.58. The molecule has 0 bridgehead atoms. The fourth-order valence-electron chi connectivity index (χ4n) is 1.64. The van der Waals surface area contributed by atoms with Gasteiger partial charge in [0.1, 0.15) is 0 Å². The summed E-state index contributed by atoms with van der Waals surface area (Å²) in [5.74, 6) is 1.81. The van der Waals surface area contributed by atoms with Crippen LogP contribution in [0.25, 0.3) is 0 Å². The van der Waals surface area contributed by atoms with Crippen molar-refractivity contribution in [3.05, 3.63) is 11.6 Å². The maximum atomic E-state index is 5.80. The van der Waals surface area contributed by atoms with Crippen LogP contribution in [0.2, 0.25) is 5.82 Å². The van der Waals surface area contributed by atoms with Crippen LogP contribution in [0, 0.1) is 11.8 Å². The van der Waals surface area contributed by atoms with E-state index < -0.39 is 0 Å². The largest absolute Gasteiger partial charge is 0.0909 e. The summed E-state index contributed by atoms with van der Waals surface area (Å²) in [6.45, 7) is 6.74. The van der Waals surface area contributed by atoms with Crippen molar-refractivity contribution >= 4 is 7.85 Å². The maximum absolute atomic E-state index is 5.80. The Morgan fingerprint density at radius 3 is 2.60 bits per heavy atom. The van der Waals surface area contributed by atoms with Gasteiger partial charge in [-0.25, -0.2) is 0 Å². The molecule has 0 heterocycles. The molecule has 0 amide bonds. The molecule has 0 nitrogen and oxygen atoms in total. The van der Waals surface area contributed by atoms with Crippen molar-refractivity contribution < 1.29 is 0 Å². The third kappa shape index (κ3) is 1.45. The normalized spacial score (nSPS) is 41.1. The van der Waals surface area contributed by atoms with E-state index in [1.807, 2.05) is 0 Å². The summed E-state index contributed by atoms with van der Waals surface area (Å²) in [5, 5.41) is 0. The van der Waals surface area contributed by atoms with Gasteiger partial charge in [-0.3, -0.25) is 0 Å². The van der Waals surface area contributed by atoms with Crippen LogP contribution in [-0.2, 0) is 0 Å². The summed E-state index contributed by atoms with van der Waals surface area (Å²) in [5.41, 5.74) is 1.46. The molecular formula is C9H15B. The number of allylic oxidation sites excluding steroid dienone is 2. The van der Waals surface area contributed by atoms with E-state index in [-0.39, 0.29) is 0 Å². The minimum atomic E-state index is 0.311. The highest BCUT2D eigenvalue weighted by Gasteiger charge is 2.20. The summed E-state index contributed by atoms with van der Waals surface area (Å²) in [7, 11) is 5.80. The molecule has 1 aliphatic carbocycles. The van der Waals surface area contributed by atoms with Gasteiger partial charge in [0.05, 0.1) is 7.85 Å². The van der Waals surface area contributed by atoms with Crippen molar-refractivity contribution in [3.8, 4) is 0 Å².